The van der Waals surface area contributed by atoms with Crippen molar-refractivity contribution in [3.05, 3.63) is 47.6 Å². The van der Waals surface area contributed by atoms with E-state index in [1.165, 1.54) is 12.0 Å². The van der Waals surface area contributed by atoms with Gasteiger partial charge >= 0.3 is 5.97 Å². The molecular formula is C20H23N3O3. The Hall–Kier alpha value is -2.21. The minimum Gasteiger partial charge on any atom is -0.481 e. The molecule has 3 aliphatic rings. The second kappa shape index (κ2) is 5.91. The third-order valence-electron chi connectivity index (χ3n) is 6.33. The molecule has 0 radical (unpaired) electrons. The second-order valence-corrected chi connectivity index (χ2v) is 8.18. The van der Waals surface area contributed by atoms with Gasteiger partial charge in [0.05, 0.1) is 5.92 Å². The van der Waals surface area contributed by atoms with Gasteiger partial charge in [0.25, 0.3) is 0 Å². The van der Waals surface area contributed by atoms with E-state index in [-0.39, 0.29) is 17.3 Å². The summed E-state index contributed by atoms with van der Waals surface area (Å²) in [6, 6.07) is 11.2. The first-order valence-electron chi connectivity index (χ1n) is 9.50. The standard InChI is InChI=1S/C20H23N3O3/c24-18(25)14-8-13(9-14)17-22-19(23-26-17)20(6-7-20)11-21-16-10-15(16)12-4-2-1-3-5-12/h1-5,13-16,21H,6-11H2,(H,24,25)/t13-,14-,15-,16+/m1/s1. The van der Waals surface area contributed by atoms with Gasteiger partial charge in [0.2, 0.25) is 5.89 Å². The number of aromatic nitrogens is 2. The van der Waals surface area contributed by atoms with Crippen molar-refractivity contribution >= 4 is 5.97 Å². The minimum absolute atomic E-state index is 0.0154. The number of hydrogen-bond donors (Lipinski definition) is 2. The molecule has 0 bridgehead atoms. The second-order valence-electron chi connectivity index (χ2n) is 8.18. The van der Waals surface area contributed by atoms with Gasteiger partial charge in [-0.3, -0.25) is 4.79 Å². The molecule has 2 atom stereocenters. The first kappa shape index (κ1) is 16.0. The van der Waals surface area contributed by atoms with Crippen LogP contribution < -0.4 is 5.32 Å². The lowest BCUT2D eigenvalue weighted by Crippen LogP contribution is -2.30. The highest BCUT2D eigenvalue weighted by Gasteiger charge is 2.51. The first-order valence-corrected chi connectivity index (χ1v) is 9.50. The van der Waals surface area contributed by atoms with Crippen LogP contribution in [0.25, 0.3) is 0 Å². The van der Waals surface area contributed by atoms with E-state index < -0.39 is 5.97 Å². The SMILES string of the molecule is O=C(O)[C@H]1C[C@H](c2nc(C3(CN[C@H]4C[C@@H]4c4ccccc4)CC3)no2)C1. The maximum atomic E-state index is 10.9. The number of nitrogens with one attached hydrogen (secondary N) is 1. The average Bonchev–Trinajstić information content (AvgIpc) is 3.50. The van der Waals surface area contributed by atoms with E-state index >= 15 is 0 Å². The molecule has 5 rings (SSSR count). The molecule has 3 saturated carbocycles. The normalized spacial score (nSPS) is 31.2. The zero-order valence-electron chi connectivity index (χ0n) is 14.6. The summed E-state index contributed by atoms with van der Waals surface area (Å²) >= 11 is 0. The lowest BCUT2D eigenvalue weighted by molar-refractivity contribution is -0.145. The number of nitrogens with zero attached hydrogens (tertiary/aromatic N) is 2. The van der Waals surface area contributed by atoms with E-state index in [9.17, 15) is 4.79 Å². The number of carbonyl (C=O) groups is 1. The summed E-state index contributed by atoms with van der Waals surface area (Å²) in [6.45, 7) is 0.891. The highest BCUT2D eigenvalue weighted by Crippen LogP contribution is 2.49. The van der Waals surface area contributed by atoms with Crippen LogP contribution in [0.2, 0.25) is 0 Å². The van der Waals surface area contributed by atoms with Gasteiger partial charge in [0, 0.05) is 29.8 Å². The zero-order valence-corrected chi connectivity index (χ0v) is 14.6. The largest absolute Gasteiger partial charge is 0.481 e. The molecule has 0 amide bonds. The van der Waals surface area contributed by atoms with Gasteiger partial charge in [-0.25, -0.2) is 0 Å². The summed E-state index contributed by atoms with van der Waals surface area (Å²) in [5, 5.41) is 16.9. The number of benzene rings is 1. The monoisotopic (exact) mass is 353 g/mol. The number of hydrogen-bond acceptors (Lipinski definition) is 5. The quantitative estimate of drug-likeness (QED) is 0.796. The lowest BCUT2D eigenvalue weighted by Gasteiger charge is -2.28. The van der Waals surface area contributed by atoms with Gasteiger partial charge in [-0.1, -0.05) is 35.5 Å². The number of aliphatic carboxylic acids is 1. The van der Waals surface area contributed by atoms with Crippen LogP contribution in [0.3, 0.4) is 0 Å². The molecule has 1 aromatic carbocycles. The van der Waals surface area contributed by atoms with Gasteiger partial charge in [-0.2, -0.15) is 4.98 Å². The van der Waals surface area contributed by atoms with Crippen molar-refractivity contribution in [3.63, 3.8) is 0 Å². The Kier molecular flexibility index (Phi) is 3.64. The summed E-state index contributed by atoms with van der Waals surface area (Å²) in [7, 11) is 0. The molecule has 2 N–H and O–H groups in total. The van der Waals surface area contributed by atoms with Crippen molar-refractivity contribution in [2.24, 2.45) is 5.92 Å². The third kappa shape index (κ3) is 2.82. The van der Waals surface area contributed by atoms with Crippen LogP contribution in [0.4, 0.5) is 0 Å². The van der Waals surface area contributed by atoms with Crippen LogP contribution in [0.1, 0.15) is 61.2 Å². The molecule has 1 heterocycles. The average molecular weight is 353 g/mol. The Bertz CT molecular complexity index is 809. The van der Waals surface area contributed by atoms with Gasteiger partial charge in [0.15, 0.2) is 5.82 Å². The van der Waals surface area contributed by atoms with E-state index in [1.807, 2.05) is 0 Å². The van der Waals surface area contributed by atoms with Gasteiger partial charge in [0.1, 0.15) is 0 Å². The predicted octanol–water partition coefficient (Wildman–Crippen LogP) is 2.83. The van der Waals surface area contributed by atoms with Gasteiger partial charge < -0.3 is 14.9 Å². The van der Waals surface area contributed by atoms with Crippen LogP contribution in [-0.4, -0.2) is 33.8 Å². The Balaban J connectivity index is 1.17. The third-order valence-corrected chi connectivity index (χ3v) is 6.33. The Morgan fingerprint density at radius 2 is 2.00 bits per heavy atom. The van der Waals surface area contributed by atoms with Crippen LogP contribution in [0.15, 0.2) is 34.9 Å². The molecule has 0 unspecified atom stereocenters. The fraction of sp³-hybridized carbons (Fsp3) is 0.550. The smallest absolute Gasteiger partial charge is 0.306 e. The summed E-state index contributed by atoms with van der Waals surface area (Å²) < 4.78 is 5.45. The van der Waals surface area contributed by atoms with E-state index in [0.29, 0.717) is 30.7 Å². The van der Waals surface area contributed by atoms with E-state index in [1.54, 1.807) is 0 Å². The maximum Gasteiger partial charge on any atom is 0.306 e. The molecule has 3 fully saturated rings. The fourth-order valence-corrected chi connectivity index (χ4v) is 4.08. The molecule has 6 nitrogen and oxygen atoms in total. The predicted molar refractivity (Wildman–Crippen MR) is 93.9 cm³/mol. The van der Waals surface area contributed by atoms with E-state index in [0.717, 1.165) is 25.2 Å². The molecule has 26 heavy (non-hydrogen) atoms. The highest BCUT2D eigenvalue weighted by molar-refractivity contribution is 5.71. The van der Waals surface area contributed by atoms with Gasteiger partial charge in [-0.05, 0) is 37.7 Å². The van der Waals surface area contributed by atoms with Crippen molar-refractivity contribution in [2.75, 3.05) is 6.54 Å². The maximum absolute atomic E-state index is 10.9. The molecule has 3 aliphatic carbocycles. The number of rotatable bonds is 7. The van der Waals surface area contributed by atoms with Crippen LogP contribution in [0, 0.1) is 5.92 Å². The van der Waals surface area contributed by atoms with E-state index in [2.05, 4.69) is 45.8 Å². The van der Waals surface area contributed by atoms with Crippen molar-refractivity contribution in [1.29, 1.82) is 0 Å². The van der Waals surface area contributed by atoms with Crippen LogP contribution in [-0.2, 0) is 10.2 Å². The lowest BCUT2D eigenvalue weighted by atomic mass is 9.75. The summed E-state index contributed by atoms with van der Waals surface area (Å²) in [5.74, 6) is 1.19. The zero-order chi connectivity index (χ0) is 17.7. The fourth-order valence-electron chi connectivity index (χ4n) is 4.08. The van der Waals surface area contributed by atoms with Gasteiger partial charge in [-0.15, -0.1) is 0 Å². The van der Waals surface area contributed by atoms with Crippen molar-refractivity contribution < 1.29 is 14.4 Å². The molecule has 136 valence electrons. The number of carboxylic acid groups (broad SMARTS) is 1. The molecule has 0 spiro atoms. The summed E-state index contributed by atoms with van der Waals surface area (Å²) in [4.78, 5) is 15.6. The molecular weight excluding hydrogens is 330 g/mol. The van der Waals surface area contributed by atoms with Crippen molar-refractivity contribution in [2.45, 2.75) is 55.4 Å². The topological polar surface area (TPSA) is 88.2 Å². The van der Waals surface area contributed by atoms with Crippen LogP contribution in [0.5, 0.6) is 0 Å². The summed E-state index contributed by atoms with van der Waals surface area (Å²) in [6.07, 6.45) is 4.59. The number of carboxylic acids is 1. The Morgan fingerprint density at radius 3 is 2.69 bits per heavy atom. The van der Waals surface area contributed by atoms with Crippen molar-refractivity contribution in [1.82, 2.24) is 15.5 Å². The van der Waals surface area contributed by atoms with Crippen molar-refractivity contribution in [3.8, 4) is 0 Å². The first-order chi connectivity index (χ1) is 12.6. The summed E-state index contributed by atoms with van der Waals surface area (Å²) in [5.41, 5.74) is 1.43. The molecule has 0 saturated heterocycles. The molecule has 2 aromatic rings. The minimum atomic E-state index is -0.721. The Labute approximate surface area is 152 Å². The molecule has 6 heteroatoms. The van der Waals surface area contributed by atoms with Crippen LogP contribution >= 0.6 is 0 Å². The Morgan fingerprint density at radius 1 is 1.23 bits per heavy atom. The molecule has 1 aromatic heterocycles. The highest BCUT2D eigenvalue weighted by atomic mass is 16.5. The van der Waals surface area contributed by atoms with E-state index in [4.69, 9.17) is 9.63 Å². The molecule has 0 aliphatic heterocycles.